The molecule has 3 heterocycles. The molecule has 0 radical (unpaired) electrons. The molecule has 2 saturated heterocycles. The molecule has 0 saturated carbocycles. The second-order valence-corrected chi connectivity index (χ2v) is 8.59. The molecule has 1 aromatic rings. The van der Waals surface area contributed by atoms with Crippen LogP contribution in [0.15, 0.2) is 24.5 Å². The van der Waals surface area contributed by atoms with Crippen LogP contribution in [0.2, 0.25) is 0 Å². The molecule has 2 aliphatic rings. The third-order valence-corrected chi connectivity index (χ3v) is 7.04. The highest BCUT2D eigenvalue weighted by Crippen LogP contribution is 2.39. The van der Waals surface area contributed by atoms with E-state index in [2.05, 4.69) is 4.98 Å². The standard InChI is InChI=1S/C16H22N2O2S2/c19-16(6-2-1-5-15-7-9-21-22-15)18-11-14(12-18)20-13-4-3-8-17-10-13/h3-4,8,10,14-15H,1-2,5-7,9,11-12H2/t15-/m1/s1. The minimum absolute atomic E-state index is 0.125. The molecule has 1 atom stereocenters. The third-order valence-electron chi connectivity index (χ3n) is 4.03. The van der Waals surface area contributed by atoms with Crippen LogP contribution >= 0.6 is 21.6 Å². The van der Waals surface area contributed by atoms with Gasteiger partial charge >= 0.3 is 0 Å². The summed E-state index contributed by atoms with van der Waals surface area (Å²) in [5.41, 5.74) is 0. The lowest BCUT2D eigenvalue weighted by atomic mass is 10.1. The number of hydrogen-bond acceptors (Lipinski definition) is 5. The Balaban J connectivity index is 1.27. The Morgan fingerprint density at radius 2 is 2.32 bits per heavy atom. The van der Waals surface area contributed by atoms with Gasteiger partial charge < -0.3 is 9.64 Å². The van der Waals surface area contributed by atoms with Crippen molar-refractivity contribution in [1.29, 1.82) is 0 Å². The van der Waals surface area contributed by atoms with Crippen LogP contribution in [0.25, 0.3) is 0 Å². The monoisotopic (exact) mass is 338 g/mol. The van der Waals surface area contributed by atoms with Gasteiger partial charge in [-0.05, 0) is 31.4 Å². The van der Waals surface area contributed by atoms with Crippen molar-refractivity contribution in [2.75, 3.05) is 18.8 Å². The highest BCUT2D eigenvalue weighted by atomic mass is 33.1. The van der Waals surface area contributed by atoms with E-state index in [1.165, 1.54) is 25.0 Å². The number of carbonyl (C=O) groups excluding carboxylic acids is 1. The first kappa shape index (κ1) is 16.0. The van der Waals surface area contributed by atoms with E-state index in [-0.39, 0.29) is 12.0 Å². The van der Waals surface area contributed by atoms with Crippen LogP contribution in [0.5, 0.6) is 5.75 Å². The summed E-state index contributed by atoms with van der Waals surface area (Å²) in [6.07, 6.45) is 9.04. The first-order chi connectivity index (χ1) is 10.8. The average Bonchev–Trinajstić information content (AvgIpc) is 3.01. The van der Waals surface area contributed by atoms with Crippen molar-refractivity contribution in [3.05, 3.63) is 24.5 Å². The van der Waals surface area contributed by atoms with Gasteiger partial charge in [0.25, 0.3) is 0 Å². The van der Waals surface area contributed by atoms with Crippen LogP contribution < -0.4 is 4.74 Å². The maximum Gasteiger partial charge on any atom is 0.222 e. The van der Waals surface area contributed by atoms with Gasteiger partial charge in [0.05, 0.1) is 19.3 Å². The number of nitrogens with zero attached hydrogens (tertiary/aromatic N) is 2. The van der Waals surface area contributed by atoms with E-state index in [4.69, 9.17) is 4.74 Å². The van der Waals surface area contributed by atoms with Crippen LogP contribution in [-0.2, 0) is 4.79 Å². The predicted molar refractivity (Wildman–Crippen MR) is 92.2 cm³/mol. The first-order valence-corrected chi connectivity index (χ1v) is 10.3. The Morgan fingerprint density at radius 3 is 3.05 bits per heavy atom. The van der Waals surface area contributed by atoms with Crippen molar-refractivity contribution in [2.45, 2.75) is 43.5 Å². The van der Waals surface area contributed by atoms with Gasteiger partial charge in [-0.2, -0.15) is 0 Å². The zero-order chi connectivity index (χ0) is 15.2. The van der Waals surface area contributed by atoms with Crippen LogP contribution in [0.4, 0.5) is 0 Å². The van der Waals surface area contributed by atoms with E-state index in [1.807, 2.05) is 38.6 Å². The maximum absolute atomic E-state index is 12.1. The van der Waals surface area contributed by atoms with Crippen molar-refractivity contribution >= 4 is 27.5 Å². The summed E-state index contributed by atoms with van der Waals surface area (Å²) in [5.74, 6) is 2.35. The van der Waals surface area contributed by atoms with Gasteiger partial charge in [0.15, 0.2) is 0 Å². The summed E-state index contributed by atoms with van der Waals surface area (Å²) in [6, 6.07) is 3.76. The molecule has 2 fully saturated rings. The van der Waals surface area contributed by atoms with E-state index < -0.39 is 0 Å². The quantitative estimate of drug-likeness (QED) is 0.563. The number of likely N-dealkylation sites (tertiary alicyclic amines) is 1. The molecule has 2 aliphatic heterocycles. The number of hydrogen-bond donors (Lipinski definition) is 0. The highest BCUT2D eigenvalue weighted by Gasteiger charge is 2.31. The average molecular weight is 338 g/mol. The van der Waals surface area contributed by atoms with Crippen molar-refractivity contribution in [1.82, 2.24) is 9.88 Å². The lowest BCUT2D eigenvalue weighted by Gasteiger charge is -2.39. The third kappa shape index (κ3) is 4.56. The molecule has 4 nitrogen and oxygen atoms in total. The summed E-state index contributed by atoms with van der Waals surface area (Å²) in [7, 11) is 4.01. The number of ether oxygens (including phenoxy) is 1. The fraction of sp³-hybridized carbons (Fsp3) is 0.625. The largest absolute Gasteiger partial charge is 0.485 e. The molecule has 120 valence electrons. The molecule has 0 bridgehead atoms. The maximum atomic E-state index is 12.1. The van der Waals surface area contributed by atoms with Crippen LogP contribution in [0.1, 0.15) is 32.1 Å². The van der Waals surface area contributed by atoms with Gasteiger partial charge in [-0.15, -0.1) is 0 Å². The van der Waals surface area contributed by atoms with Crippen LogP contribution in [0, 0.1) is 0 Å². The van der Waals surface area contributed by atoms with Crippen molar-refractivity contribution in [3.63, 3.8) is 0 Å². The van der Waals surface area contributed by atoms with Gasteiger partial charge in [-0.25, -0.2) is 0 Å². The number of carbonyl (C=O) groups is 1. The Kier molecular flexibility index (Phi) is 5.89. The minimum Gasteiger partial charge on any atom is -0.485 e. The van der Waals surface area contributed by atoms with E-state index >= 15 is 0 Å². The predicted octanol–water partition coefficient (Wildman–Crippen LogP) is 3.39. The van der Waals surface area contributed by atoms with Gasteiger partial charge in [0, 0.05) is 23.6 Å². The van der Waals surface area contributed by atoms with E-state index in [9.17, 15) is 4.79 Å². The first-order valence-electron chi connectivity index (χ1n) is 7.94. The summed E-state index contributed by atoms with van der Waals surface area (Å²) < 4.78 is 5.76. The van der Waals surface area contributed by atoms with E-state index in [0.29, 0.717) is 19.5 Å². The van der Waals surface area contributed by atoms with Crippen LogP contribution in [-0.4, -0.2) is 46.0 Å². The number of pyridine rings is 1. The molecule has 0 unspecified atom stereocenters. The van der Waals surface area contributed by atoms with Gasteiger partial charge in [-0.3, -0.25) is 9.78 Å². The fourth-order valence-corrected chi connectivity index (χ4v) is 5.72. The molecule has 0 aromatic carbocycles. The normalized spacial score (nSPS) is 21.6. The smallest absolute Gasteiger partial charge is 0.222 e. The Morgan fingerprint density at radius 1 is 1.41 bits per heavy atom. The summed E-state index contributed by atoms with van der Waals surface area (Å²) in [5, 5.41) is 0.821. The Labute approximate surface area is 139 Å². The van der Waals surface area contributed by atoms with E-state index in [0.717, 1.165) is 17.4 Å². The van der Waals surface area contributed by atoms with Crippen LogP contribution in [0.3, 0.4) is 0 Å². The highest BCUT2D eigenvalue weighted by molar-refractivity contribution is 8.77. The van der Waals surface area contributed by atoms with Gasteiger partial charge in [-0.1, -0.05) is 28.0 Å². The molecule has 22 heavy (non-hydrogen) atoms. The SMILES string of the molecule is O=C(CCCC[C@@H]1CCSS1)N1CC(Oc2cccnc2)C1. The number of amides is 1. The van der Waals surface area contributed by atoms with Crippen molar-refractivity contribution in [2.24, 2.45) is 0 Å². The zero-order valence-electron chi connectivity index (χ0n) is 12.6. The molecular weight excluding hydrogens is 316 g/mol. The Hall–Kier alpha value is -0.880. The lowest BCUT2D eigenvalue weighted by Crippen LogP contribution is -2.56. The summed E-state index contributed by atoms with van der Waals surface area (Å²) in [6.45, 7) is 1.42. The molecule has 0 spiro atoms. The zero-order valence-corrected chi connectivity index (χ0v) is 14.3. The van der Waals surface area contributed by atoms with Crippen molar-refractivity contribution < 1.29 is 9.53 Å². The van der Waals surface area contributed by atoms with Crippen molar-refractivity contribution in [3.8, 4) is 5.75 Å². The second kappa shape index (κ2) is 8.11. The minimum atomic E-state index is 0.125. The number of rotatable bonds is 7. The molecule has 6 heteroatoms. The summed E-state index contributed by atoms with van der Waals surface area (Å²) in [4.78, 5) is 18.0. The fourth-order valence-electron chi connectivity index (χ4n) is 2.70. The lowest BCUT2D eigenvalue weighted by molar-refractivity contribution is -0.140. The summed E-state index contributed by atoms with van der Waals surface area (Å²) >= 11 is 0. The molecule has 0 N–H and O–H groups in total. The van der Waals surface area contributed by atoms with E-state index in [1.54, 1.807) is 12.4 Å². The molecule has 0 aliphatic carbocycles. The molecule has 1 aromatic heterocycles. The van der Waals surface area contributed by atoms with Gasteiger partial charge in [0.2, 0.25) is 5.91 Å². The number of unbranched alkanes of at least 4 members (excludes halogenated alkanes) is 1. The molecular formula is C16H22N2O2S2. The second-order valence-electron chi connectivity index (χ2n) is 5.80. The molecule has 1 amide bonds. The van der Waals surface area contributed by atoms with Gasteiger partial charge in [0.1, 0.15) is 11.9 Å². The molecule has 3 rings (SSSR count). The Bertz CT molecular complexity index is 474. The topological polar surface area (TPSA) is 42.4 Å². The number of aromatic nitrogens is 1.